The average Bonchev–Trinajstić information content (AvgIpc) is 2.93. The number of nitrogens with one attached hydrogen (secondary N) is 1. The van der Waals surface area contributed by atoms with Gasteiger partial charge in [-0.3, -0.25) is 4.79 Å². The minimum Gasteiger partial charge on any atom is -0.454 e. The van der Waals surface area contributed by atoms with Crippen LogP contribution in [0, 0.1) is 6.92 Å². The van der Waals surface area contributed by atoms with Crippen molar-refractivity contribution in [2.24, 2.45) is 0 Å². The maximum absolute atomic E-state index is 11.9. The van der Waals surface area contributed by atoms with Crippen LogP contribution in [-0.4, -0.2) is 16.8 Å². The van der Waals surface area contributed by atoms with Gasteiger partial charge in [0.2, 0.25) is 6.79 Å². The molecule has 0 spiro atoms. The first-order valence-electron chi connectivity index (χ1n) is 6.61. The molecule has 0 amide bonds. The van der Waals surface area contributed by atoms with Crippen molar-refractivity contribution in [1.82, 2.24) is 9.97 Å². The zero-order valence-corrected chi connectivity index (χ0v) is 11.3. The second-order valence-corrected chi connectivity index (χ2v) is 4.96. The van der Waals surface area contributed by atoms with Gasteiger partial charge in [0.15, 0.2) is 11.5 Å². The van der Waals surface area contributed by atoms with E-state index >= 15 is 0 Å². The number of ether oxygens (including phenoxy) is 2. The molecule has 0 saturated carbocycles. The number of nitrogens with zero attached hydrogens (tertiary/aromatic N) is 1. The summed E-state index contributed by atoms with van der Waals surface area (Å²) in [6.45, 7) is 2.22. The number of rotatable bonds is 1. The van der Waals surface area contributed by atoms with Gasteiger partial charge in [0.05, 0.1) is 16.8 Å². The first kappa shape index (κ1) is 12.0. The van der Waals surface area contributed by atoms with Gasteiger partial charge in [-0.2, -0.15) is 0 Å². The minimum absolute atomic E-state index is 0.149. The number of H-pyrrole nitrogens is 1. The molecule has 0 saturated heterocycles. The van der Waals surface area contributed by atoms with Crippen LogP contribution < -0.4 is 15.0 Å². The zero-order chi connectivity index (χ0) is 14.4. The van der Waals surface area contributed by atoms with Gasteiger partial charge in [0.25, 0.3) is 5.56 Å². The topological polar surface area (TPSA) is 64.2 Å². The first-order valence-corrected chi connectivity index (χ1v) is 6.61. The van der Waals surface area contributed by atoms with Gasteiger partial charge in [-0.25, -0.2) is 4.98 Å². The Morgan fingerprint density at radius 1 is 1.19 bits per heavy atom. The highest BCUT2D eigenvalue weighted by Gasteiger charge is 2.16. The monoisotopic (exact) mass is 280 g/mol. The zero-order valence-electron chi connectivity index (χ0n) is 11.3. The van der Waals surface area contributed by atoms with Crippen molar-refractivity contribution in [3.05, 3.63) is 52.4 Å². The Hall–Kier alpha value is -2.82. The predicted octanol–water partition coefficient (Wildman–Crippen LogP) is 2.63. The quantitative estimate of drug-likeness (QED) is 0.744. The molecule has 0 unspecified atom stereocenters. The number of pyridine rings is 2. The first-order chi connectivity index (χ1) is 10.2. The highest BCUT2D eigenvalue weighted by Crippen LogP contribution is 2.37. The number of aryl methyl sites for hydroxylation is 1. The normalized spacial score (nSPS) is 12.8. The Balaban J connectivity index is 1.99. The largest absolute Gasteiger partial charge is 0.454 e. The minimum atomic E-state index is -0.149. The number of aromatic nitrogens is 2. The van der Waals surface area contributed by atoms with E-state index in [1.54, 1.807) is 18.3 Å². The van der Waals surface area contributed by atoms with Crippen LogP contribution in [0.5, 0.6) is 11.5 Å². The molecule has 3 heterocycles. The second-order valence-electron chi connectivity index (χ2n) is 4.96. The summed E-state index contributed by atoms with van der Waals surface area (Å²) in [6, 6.07) is 9.25. The Bertz CT molecular complexity index is 915. The lowest BCUT2D eigenvalue weighted by Gasteiger charge is -2.07. The van der Waals surface area contributed by atoms with Crippen molar-refractivity contribution < 1.29 is 9.47 Å². The lowest BCUT2D eigenvalue weighted by molar-refractivity contribution is 0.174. The summed E-state index contributed by atoms with van der Waals surface area (Å²) >= 11 is 0. The van der Waals surface area contributed by atoms with Crippen LogP contribution in [-0.2, 0) is 0 Å². The number of fused-ring (bicyclic) bond motifs is 2. The van der Waals surface area contributed by atoms with E-state index in [2.05, 4.69) is 9.97 Å². The van der Waals surface area contributed by atoms with E-state index in [-0.39, 0.29) is 12.4 Å². The molecule has 21 heavy (non-hydrogen) atoms. The molecule has 4 rings (SSSR count). The molecule has 0 aliphatic carbocycles. The van der Waals surface area contributed by atoms with Crippen LogP contribution >= 0.6 is 0 Å². The number of aromatic amines is 1. The number of benzene rings is 1. The fourth-order valence-corrected chi connectivity index (χ4v) is 2.55. The molecule has 1 aromatic carbocycles. The Labute approximate surface area is 120 Å². The van der Waals surface area contributed by atoms with Gasteiger partial charge >= 0.3 is 0 Å². The summed E-state index contributed by atoms with van der Waals surface area (Å²) < 4.78 is 10.8. The fourth-order valence-electron chi connectivity index (χ4n) is 2.55. The molecular weight excluding hydrogens is 268 g/mol. The van der Waals surface area contributed by atoms with E-state index in [4.69, 9.17) is 9.47 Å². The molecule has 5 nitrogen and oxygen atoms in total. The summed E-state index contributed by atoms with van der Waals surface area (Å²) in [5, 5.41) is 0.996. The molecule has 0 radical (unpaired) electrons. The molecule has 2 aromatic heterocycles. The van der Waals surface area contributed by atoms with Gasteiger partial charge in [0, 0.05) is 17.6 Å². The molecular formula is C16H12N2O3. The highest BCUT2D eigenvalue weighted by molar-refractivity contribution is 5.88. The van der Waals surface area contributed by atoms with Crippen molar-refractivity contribution in [2.75, 3.05) is 6.79 Å². The van der Waals surface area contributed by atoms with Crippen molar-refractivity contribution in [1.29, 1.82) is 0 Å². The molecule has 5 heteroatoms. The Morgan fingerprint density at radius 3 is 2.81 bits per heavy atom. The molecule has 3 aromatic rings. The van der Waals surface area contributed by atoms with Crippen LogP contribution in [0.15, 0.2) is 41.3 Å². The Morgan fingerprint density at radius 2 is 2.00 bits per heavy atom. The van der Waals surface area contributed by atoms with Crippen molar-refractivity contribution in [3.8, 4) is 22.8 Å². The van der Waals surface area contributed by atoms with E-state index in [0.717, 1.165) is 22.2 Å². The number of hydrogen-bond donors (Lipinski definition) is 1. The summed E-state index contributed by atoms with van der Waals surface area (Å²) in [5.41, 5.74) is 2.89. The smallest absolute Gasteiger partial charge is 0.257 e. The van der Waals surface area contributed by atoms with E-state index in [1.807, 2.05) is 25.1 Å². The molecule has 0 bridgehead atoms. The van der Waals surface area contributed by atoms with E-state index in [0.29, 0.717) is 17.0 Å². The predicted molar refractivity (Wildman–Crippen MR) is 78.7 cm³/mol. The maximum Gasteiger partial charge on any atom is 0.257 e. The summed E-state index contributed by atoms with van der Waals surface area (Å²) in [5.74, 6) is 1.42. The third-order valence-electron chi connectivity index (χ3n) is 3.60. The van der Waals surface area contributed by atoms with Crippen LogP contribution in [0.25, 0.3) is 22.2 Å². The van der Waals surface area contributed by atoms with Crippen LogP contribution in [0.1, 0.15) is 5.56 Å². The van der Waals surface area contributed by atoms with Crippen LogP contribution in [0.2, 0.25) is 0 Å². The van der Waals surface area contributed by atoms with Crippen molar-refractivity contribution in [2.45, 2.75) is 6.92 Å². The average molecular weight is 280 g/mol. The third-order valence-corrected chi connectivity index (χ3v) is 3.60. The van der Waals surface area contributed by atoms with Crippen LogP contribution in [0.3, 0.4) is 0 Å². The standard InChI is InChI=1S/C16H12N2O3/c1-9-5-12(10-3-2-4-17-16(10)19)18-13-7-15-14(6-11(9)13)20-8-21-15/h2-7H,8H2,1H3,(H,17,19). The van der Waals surface area contributed by atoms with E-state index in [9.17, 15) is 4.79 Å². The van der Waals surface area contributed by atoms with E-state index in [1.165, 1.54) is 0 Å². The fraction of sp³-hybridized carbons (Fsp3) is 0.125. The van der Waals surface area contributed by atoms with Crippen LogP contribution in [0.4, 0.5) is 0 Å². The Kier molecular flexibility index (Phi) is 2.47. The third kappa shape index (κ3) is 1.86. The lowest BCUT2D eigenvalue weighted by Crippen LogP contribution is -2.08. The second kappa shape index (κ2) is 4.34. The molecule has 1 aliphatic heterocycles. The molecule has 0 atom stereocenters. The maximum atomic E-state index is 11.9. The van der Waals surface area contributed by atoms with Crippen molar-refractivity contribution >= 4 is 10.9 Å². The van der Waals surface area contributed by atoms with Gasteiger partial charge in [-0.1, -0.05) is 0 Å². The van der Waals surface area contributed by atoms with Gasteiger partial charge < -0.3 is 14.5 Å². The van der Waals surface area contributed by atoms with Crippen molar-refractivity contribution in [3.63, 3.8) is 0 Å². The summed E-state index contributed by atoms with van der Waals surface area (Å²) in [7, 11) is 0. The molecule has 1 aliphatic rings. The van der Waals surface area contributed by atoms with Gasteiger partial charge in [-0.05, 0) is 36.8 Å². The molecule has 0 fully saturated rings. The molecule has 1 N–H and O–H groups in total. The van der Waals surface area contributed by atoms with E-state index < -0.39 is 0 Å². The van der Waals surface area contributed by atoms with Gasteiger partial charge in [0.1, 0.15) is 0 Å². The number of hydrogen-bond acceptors (Lipinski definition) is 4. The lowest BCUT2D eigenvalue weighted by atomic mass is 10.1. The van der Waals surface area contributed by atoms with Gasteiger partial charge in [-0.15, -0.1) is 0 Å². The SMILES string of the molecule is Cc1cc(-c2ccc[nH]c2=O)nc2cc3c(cc12)OCO3. The molecule has 104 valence electrons. The summed E-state index contributed by atoms with van der Waals surface area (Å²) in [4.78, 5) is 19.2. The highest BCUT2D eigenvalue weighted by atomic mass is 16.7. The summed E-state index contributed by atoms with van der Waals surface area (Å²) in [6.07, 6.45) is 1.61.